The van der Waals surface area contributed by atoms with Crippen molar-refractivity contribution in [3.63, 3.8) is 0 Å². The fraction of sp³-hybridized carbons (Fsp3) is 0.444. The summed E-state index contributed by atoms with van der Waals surface area (Å²) in [6.45, 7) is 3.17. The van der Waals surface area contributed by atoms with Crippen LogP contribution in [0, 0.1) is 5.92 Å². The van der Waals surface area contributed by atoms with Crippen molar-refractivity contribution in [1.29, 1.82) is 0 Å². The van der Waals surface area contributed by atoms with Crippen molar-refractivity contribution >= 4 is 0 Å². The number of nitrogens with zero attached hydrogens (tertiary/aromatic N) is 1. The van der Waals surface area contributed by atoms with E-state index in [1.807, 2.05) is 37.5 Å². The van der Waals surface area contributed by atoms with Gasteiger partial charge in [-0.15, -0.1) is 0 Å². The second-order valence-corrected chi connectivity index (χ2v) is 2.86. The highest BCUT2D eigenvalue weighted by Gasteiger charge is 2.05. The molecule has 1 atom stereocenters. The first-order chi connectivity index (χ1) is 5.33. The molecule has 1 aromatic rings. The zero-order valence-corrected chi connectivity index (χ0v) is 6.77. The number of hydrogen-bond acceptors (Lipinski definition) is 1. The molecule has 0 fully saturated rings. The van der Waals surface area contributed by atoms with Crippen molar-refractivity contribution in [2.45, 2.75) is 13.5 Å². The Balaban J connectivity index is 2.51. The van der Waals surface area contributed by atoms with E-state index in [0.717, 1.165) is 6.54 Å². The Morgan fingerprint density at radius 1 is 1.27 bits per heavy atom. The molecule has 0 aliphatic carbocycles. The zero-order valence-electron chi connectivity index (χ0n) is 6.77. The predicted octanol–water partition coefficient (Wildman–Crippen LogP) is 0.602. The molecule has 1 N–H and O–H groups in total. The van der Waals surface area contributed by atoms with E-state index in [1.54, 1.807) is 0 Å². The number of aromatic nitrogens is 1. The molecule has 2 heteroatoms. The lowest BCUT2D eigenvalue weighted by Gasteiger charge is -2.01. The molecular weight excluding hydrogens is 138 g/mol. The summed E-state index contributed by atoms with van der Waals surface area (Å²) in [4.78, 5) is 0. The van der Waals surface area contributed by atoms with E-state index in [2.05, 4.69) is 4.57 Å². The van der Waals surface area contributed by atoms with Crippen LogP contribution in [-0.2, 0) is 6.54 Å². The van der Waals surface area contributed by atoms with Gasteiger partial charge < -0.3 is 5.11 Å². The van der Waals surface area contributed by atoms with Crippen LogP contribution in [0.4, 0.5) is 0 Å². The molecule has 1 aromatic heterocycles. The van der Waals surface area contributed by atoms with Gasteiger partial charge in [-0.25, -0.2) is 4.57 Å². The molecule has 0 amide bonds. The number of pyridine rings is 1. The molecule has 0 bridgehead atoms. The average molecular weight is 152 g/mol. The van der Waals surface area contributed by atoms with Gasteiger partial charge in [0.15, 0.2) is 18.9 Å². The van der Waals surface area contributed by atoms with Crippen molar-refractivity contribution in [2.75, 3.05) is 6.61 Å². The summed E-state index contributed by atoms with van der Waals surface area (Å²) in [5.41, 5.74) is 0. The van der Waals surface area contributed by atoms with Gasteiger partial charge in [0.05, 0.1) is 6.61 Å². The second-order valence-electron chi connectivity index (χ2n) is 2.86. The van der Waals surface area contributed by atoms with Gasteiger partial charge in [0.2, 0.25) is 0 Å². The van der Waals surface area contributed by atoms with Gasteiger partial charge in [-0.2, -0.15) is 0 Å². The van der Waals surface area contributed by atoms with Crippen molar-refractivity contribution in [2.24, 2.45) is 5.92 Å². The number of rotatable bonds is 3. The van der Waals surface area contributed by atoms with Crippen LogP contribution in [-0.4, -0.2) is 11.7 Å². The number of aliphatic hydroxyl groups excluding tert-OH is 1. The van der Waals surface area contributed by atoms with E-state index in [9.17, 15) is 0 Å². The van der Waals surface area contributed by atoms with Gasteiger partial charge in [0, 0.05) is 18.1 Å². The van der Waals surface area contributed by atoms with Gasteiger partial charge in [-0.05, 0) is 0 Å². The second kappa shape index (κ2) is 4.09. The van der Waals surface area contributed by atoms with Gasteiger partial charge >= 0.3 is 0 Å². The first-order valence-corrected chi connectivity index (χ1v) is 3.88. The lowest BCUT2D eigenvalue weighted by Crippen LogP contribution is -2.36. The minimum Gasteiger partial charge on any atom is -0.396 e. The quantitative estimate of drug-likeness (QED) is 0.630. The summed E-state index contributed by atoms with van der Waals surface area (Å²) in [5.74, 6) is 0.336. The van der Waals surface area contributed by atoms with Gasteiger partial charge in [-0.3, -0.25) is 0 Å². The van der Waals surface area contributed by atoms with Crippen LogP contribution in [0.25, 0.3) is 0 Å². The topological polar surface area (TPSA) is 24.1 Å². The smallest absolute Gasteiger partial charge is 0.168 e. The van der Waals surface area contributed by atoms with E-state index >= 15 is 0 Å². The highest BCUT2D eigenvalue weighted by atomic mass is 16.3. The van der Waals surface area contributed by atoms with Crippen molar-refractivity contribution in [3.8, 4) is 0 Å². The van der Waals surface area contributed by atoms with Crippen molar-refractivity contribution in [1.82, 2.24) is 0 Å². The Kier molecular flexibility index (Phi) is 3.05. The van der Waals surface area contributed by atoms with E-state index in [4.69, 9.17) is 5.11 Å². The summed E-state index contributed by atoms with van der Waals surface area (Å²) in [6.07, 6.45) is 4.01. The first kappa shape index (κ1) is 8.21. The van der Waals surface area contributed by atoms with Gasteiger partial charge in [0.25, 0.3) is 0 Å². The molecule has 1 rings (SSSR count). The Bertz CT molecular complexity index is 198. The molecule has 1 heterocycles. The molecule has 2 nitrogen and oxygen atoms in total. The fourth-order valence-corrected chi connectivity index (χ4v) is 0.974. The van der Waals surface area contributed by atoms with Crippen LogP contribution in [0.15, 0.2) is 30.6 Å². The molecular formula is C9H14NO+. The Morgan fingerprint density at radius 3 is 2.45 bits per heavy atom. The van der Waals surface area contributed by atoms with E-state index in [0.29, 0.717) is 5.92 Å². The Hall–Kier alpha value is -0.890. The maximum absolute atomic E-state index is 8.78. The largest absolute Gasteiger partial charge is 0.396 e. The van der Waals surface area contributed by atoms with E-state index in [1.165, 1.54) is 0 Å². The number of aliphatic hydroxyl groups is 1. The third-order valence-corrected chi connectivity index (χ3v) is 1.61. The predicted molar refractivity (Wildman–Crippen MR) is 42.9 cm³/mol. The lowest BCUT2D eigenvalue weighted by molar-refractivity contribution is -0.703. The standard InChI is InChI=1S/C9H14NO/c1-9(8-11)7-10-5-3-2-4-6-10/h2-6,9,11H,7-8H2,1H3/q+1/t9-/m1/s1. The summed E-state index contributed by atoms with van der Waals surface area (Å²) < 4.78 is 2.07. The van der Waals surface area contributed by atoms with Crippen molar-refractivity contribution in [3.05, 3.63) is 30.6 Å². The Morgan fingerprint density at radius 2 is 1.91 bits per heavy atom. The average Bonchev–Trinajstić information content (AvgIpc) is 2.06. The van der Waals surface area contributed by atoms with Gasteiger partial charge in [0.1, 0.15) is 0 Å². The summed E-state index contributed by atoms with van der Waals surface area (Å²) in [7, 11) is 0. The molecule has 11 heavy (non-hydrogen) atoms. The highest BCUT2D eigenvalue weighted by molar-refractivity contribution is 4.83. The summed E-state index contributed by atoms with van der Waals surface area (Å²) in [6, 6.07) is 5.97. The third kappa shape index (κ3) is 2.68. The third-order valence-electron chi connectivity index (χ3n) is 1.61. The molecule has 0 spiro atoms. The minimum atomic E-state index is 0.252. The lowest BCUT2D eigenvalue weighted by atomic mass is 10.2. The van der Waals surface area contributed by atoms with Crippen LogP contribution in [0.2, 0.25) is 0 Å². The van der Waals surface area contributed by atoms with Crippen LogP contribution in [0.5, 0.6) is 0 Å². The summed E-state index contributed by atoms with van der Waals surface area (Å²) >= 11 is 0. The molecule has 0 aliphatic rings. The maximum Gasteiger partial charge on any atom is 0.168 e. The van der Waals surface area contributed by atoms with Crippen LogP contribution in [0.3, 0.4) is 0 Å². The molecule has 0 saturated carbocycles. The van der Waals surface area contributed by atoms with E-state index < -0.39 is 0 Å². The fourth-order valence-electron chi connectivity index (χ4n) is 0.974. The van der Waals surface area contributed by atoms with E-state index in [-0.39, 0.29) is 6.61 Å². The molecule has 0 saturated heterocycles. The van der Waals surface area contributed by atoms with Gasteiger partial charge in [-0.1, -0.05) is 13.0 Å². The number of hydrogen-bond donors (Lipinski definition) is 1. The molecule has 0 aromatic carbocycles. The normalized spacial score (nSPS) is 12.9. The SMILES string of the molecule is C[C@@H](CO)C[n+]1ccccc1. The molecule has 0 radical (unpaired) electrons. The van der Waals surface area contributed by atoms with Crippen LogP contribution < -0.4 is 4.57 Å². The molecule has 0 unspecified atom stereocenters. The maximum atomic E-state index is 8.78. The molecule has 60 valence electrons. The van der Waals surface area contributed by atoms with Crippen LogP contribution >= 0.6 is 0 Å². The zero-order chi connectivity index (χ0) is 8.10. The highest BCUT2D eigenvalue weighted by Crippen LogP contribution is 1.91. The monoisotopic (exact) mass is 152 g/mol. The first-order valence-electron chi connectivity index (χ1n) is 3.88. The minimum absolute atomic E-state index is 0.252. The van der Waals surface area contributed by atoms with Crippen LogP contribution in [0.1, 0.15) is 6.92 Å². The Labute approximate surface area is 67.1 Å². The summed E-state index contributed by atoms with van der Waals surface area (Å²) in [5, 5.41) is 8.78. The van der Waals surface area contributed by atoms with Crippen molar-refractivity contribution < 1.29 is 9.67 Å². The molecule has 0 aliphatic heterocycles.